The van der Waals surface area contributed by atoms with Gasteiger partial charge in [-0.05, 0) is 69.2 Å². The molecule has 0 aliphatic heterocycles. The molecule has 1 aromatic carbocycles. The van der Waals surface area contributed by atoms with E-state index in [9.17, 15) is 18.8 Å². The van der Waals surface area contributed by atoms with E-state index in [-0.39, 0.29) is 24.5 Å². The normalized spacial score (nSPS) is 11.7. The van der Waals surface area contributed by atoms with Gasteiger partial charge >= 0.3 is 5.97 Å². The van der Waals surface area contributed by atoms with E-state index in [0.717, 1.165) is 5.56 Å². The predicted molar refractivity (Wildman–Crippen MR) is 125 cm³/mol. The van der Waals surface area contributed by atoms with Gasteiger partial charge in [0.2, 0.25) is 0 Å². The van der Waals surface area contributed by atoms with Gasteiger partial charge in [-0.15, -0.1) is 0 Å². The molecule has 3 aromatic rings. The Morgan fingerprint density at radius 3 is 2.41 bits per heavy atom. The van der Waals surface area contributed by atoms with Crippen molar-refractivity contribution in [2.45, 2.75) is 40.3 Å². The van der Waals surface area contributed by atoms with Crippen LogP contribution in [-0.2, 0) is 18.3 Å². The molecule has 0 fully saturated rings. The fourth-order valence-corrected chi connectivity index (χ4v) is 4.01. The van der Waals surface area contributed by atoms with Crippen LogP contribution in [0.3, 0.4) is 0 Å². The van der Waals surface area contributed by atoms with E-state index in [2.05, 4.69) is 4.98 Å². The number of pyridine rings is 1. The molecule has 0 radical (unpaired) electrons. The van der Waals surface area contributed by atoms with E-state index >= 15 is 0 Å². The maximum atomic E-state index is 13.7. The van der Waals surface area contributed by atoms with Gasteiger partial charge in [0.15, 0.2) is 5.78 Å². The molecule has 2 heterocycles. The fourth-order valence-electron chi connectivity index (χ4n) is 4.01. The minimum absolute atomic E-state index is 0.132. The predicted octanol–water partition coefficient (Wildman–Crippen LogP) is 4.27. The second-order valence-corrected chi connectivity index (χ2v) is 8.05. The Hall–Kier alpha value is -3.81. The Balaban J connectivity index is 2.02. The maximum absolute atomic E-state index is 13.7. The number of Topliss-reactive ketones (excluding diaryl/α,β-unsaturated/α-hetero) is 1. The first-order valence-electron chi connectivity index (χ1n) is 11.0. The lowest BCUT2D eigenvalue weighted by Gasteiger charge is -2.29. The van der Waals surface area contributed by atoms with Crippen LogP contribution in [0.4, 0.5) is 4.39 Å². The zero-order valence-electron chi connectivity index (χ0n) is 20.0. The molecule has 0 aliphatic rings. The summed E-state index contributed by atoms with van der Waals surface area (Å²) < 4.78 is 20.2. The monoisotopic (exact) mass is 465 g/mol. The molecule has 0 spiro atoms. The number of amides is 1. The van der Waals surface area contributed by atoms with Gasteiger partial charge in [0.1, 0.15) is 11.5 Å². The topological polar surface area (TPSA) is 81.5 Å². The average molecular weight is 466 g/mol. The average Bonchev–Trinajstić information content (AvgIpc) is 3.05. The summed E-state index contributed by atoms with van der Waals surface area (Å²) in [7, 11) is 1.70. The van der Waals surface area contributed by atoms with Crippen molar-refractivity contribution in [1.29, 1.82) is 0 Å². The Labute approximate surface area is 198 Å². The van der Waals surface area contributed by atoms with Crippen LogP contribution >= 0.6 is 0 Å². The van der Waals surface area contributed by atoms with Crippen molar-refractivity contribution in [1.82, 2.24) is 14.5 Å². The quantitative estimate of drug-likeness (QED) is 0.367. The maximum Gasteiger partial charge on any atom is 0.355 e. The molecule has 3 rings (SSSR count). The molecular weight excluding hydrogens is 437 g/mol. The van der Waals surface area contributed by atoms with Crippen molar-refractivity contribution in [2.24, 2.45) is 7.05 Å². The van der Waals surface area contributed by atoms with Crippen LogP contribution in [-0.4, -0.2) is 44.8 Å². The summed E-state index contributed by atoms with van der Waals surface area (Å²) in [6.07, 6.45) is 3.25. The third-order valence-electron chi connectivity index (χ3n) is 5.92. The van der Waals surface area contributed by atoms with E-state index in [0.29, 0.717) is 22.5 Å². The summed E-state index contributed by atoms with van der Waals surface area (Å²) in [6, 6.07) is 7.89. The van der Waals surface area contributed by atoms with Crippen LogP contribution in [0.25, 0.3) is 0 Å². The first kappa shape index (κ1) is 24.8. The minimum atomic E-state index is -0.868. The van der Waals surface area contributed by atoms with E-state index < -0.39 is 23.7 Å². The number of ether oxygens (including phenoxy) is 1. The summed E-state index contributed by atoms with van der Waals surface area (Å²) in [6.45, 7) is 7.17. The molecule has 7 nitrogen and oxygen atoms in total. The van der Waals surface area contributed by atoms with Crippen LogP contribution < -0.4 is 0 Å². The zero-order chi connectivity index (χ0) is 25.0. The second-order valence-electron chi connectivity index (χ2n) is 8.05. The first-order chi connectivity index (χ1) is 16.2. The number of carbonyl (C=O) groups is 3. The highest BCUT2D eigenvalue weighted by atomic mass is 19.1. The van der Waals surface area contributed by atoms with Crippen LogP contribution in [0.1, 0.15) is 61.9 Å². The van der Waals surface area contributed by atoms with Gasteiger partial charge in [0.25, 0.3) is 5.91 Å². The lowest BCUT2D eigenvalue weighted by atomic mass is 9.99. The summed E-state index contributed by atoms with van der Waals surface area (Å²) in [5, 5.41) is 0. The van der Waals surface area contributed by atoms with E-state index in [1.165, 1.54) is 29.2 Å². The van der Waals surface area contributed by atoms with Crippen molar-refractivity contribution in [2.75, 3.05) is 6.61 Å². The number of hydrogen-bond acceptors (Lipinski definition) is 5. The second kappa shape index (κ2) is 10.4. The number of halogens is 1. The molecule has 0 N–H and O–H groups in total. The fraction of sp³-hybridized carbons (Fsp3) is 0.308. The lowest BCUT2D eigenvalue weighted by molar-refractivity contribution is 0.0513. The molecule has 8 heteroatoms. The standard InChI is InChI=1S/C26H28FN3O4/c1-6-34-26(33)23-16(2)22(17(3)29(23)5)24(31)18(4)30(15-19-8-7-13-28-14-19)25(32)20-9-11-21(27)12-10-20/h7-14,18H,6,15H2,1-5H3. The number of aromatic nitrogens is 2. The van der Waals surface area contributed by atoms with E-state index in [4.69, 9.17) is 4.74 Å². The molecule has 0 bridgehead atoms. The highest BCUT2D eigenvalue weighted by molar-refractivity contribution is 6.07. The smallest absolute Gasteiger partial charge is 0.355 e. The van der Waals surface area contributed by atoms with Crippen molar-refractivity contribution in [3.05, 3.63) is 88.3 Å². The Morgan fingerprint density at radius 1 is 1.15 bits per heavy atom. The summed E-state index contributed by atoms with van der Waals surface area (Å²) in [4.78, 5) is 45.2. The molecule has 1 amide bonds. The molecule has 1 unspecified atom stereocenters. The van der Waals surface area contributed by atoms with Crippen molar-refractivity contribution in [3.63, 3.8) is 0 Å². The van der Waals surface area contributed by atoms with Crippen LogP contribution in [0.2, 0.25) is 0 Å². The molecule has 0 saturated carbocycles. The molecule has 0 aliphatic carbocycles. The lowest BCUT2D eigenvalue weighted by Crippen LogP contribution is -2.43. The molecule has 178 valence electrons. The van der Waals surface area contributed by atoms with Gasteiger partial charge in [0, 0.05) is 42.8 Å². The van der Waals surface area contributed by atoms with Crippen LogP contribution in [0.15, 0.2) is 48.8 Å². The number of nitrogens with zero attached hydrogens (tertiary/aromatic N) is 3. The van der Waals surface area contributed by atoms with E-state index in [1.54, 1.807) is 57.8 Å². The Bertz CT molecular complexity index is 1200. The summed E-state index contributed by atoms with van der Waals surface area (Å²) >= 11 is 0. The Kier molecular flexibility index (Phi) is 7.61. The van der Waals surface area contributed by atoms with Crippen molar-refractivity contribution >= 4 is 17.7 Å². The van der Waals surface area contributed by atoms with E-state index in [1.807, 2.05) is 6.07 Å². The molecule has 34 heavy (non-hydrogen) atoms. The largest absolute Gasteiger partial charge is 0.461 e. The number of rotatable bonds is 8. The molecule has 0 saturated heterocycles. The molecular formula is C26H28FN3O4. The zero-order valence-corrected chi connectivity index (χ0v) is 20.0. The highest BCUT2D eigenvalue weighted by Gasteiger charge is 2.33. The summed E-state index contributed by atoms with van der Waals surface area (Å²) in [5.74, 6) is -1.68. The van der Waals surface area contributed by atoms with Crippen molar-refractivity contribution in [3.8, 4) is 0 Å². The number of esters is 1. The number of benzene rings is 1. The van der Waals surface area contributed by atoms with Gasteiger partial charge < -0.3 is 14.2 Å². The number of hydrogen-bond donors (Lipinski definition) is 0. The van der Waals surface area contributed by atoms with Gasteiger partial charge in [0.05, 0.1) is 12.6 Å². The third kappa shape index (κ3) is 4.90. The highest BCUT2D eigenvalue weighted by Crippen LogP contribution is 2.26. The summed E-state index contributed by atoms with van der Waals surface area (Å²) in [5.41, 5.74) is 2.79. The third-order valence-corrected chi connectivity index (χ3v) is 5.92. The molecule has 1 atom stereocenters. The van der Waals surface area contributed by atoms with Gasteiger partial charge in [-0.1, -0.05) is 6.07 Å². The van der Waals surface area contributed by atoms with Crippen LogP contribution in [0.5, 0.6) is 0 Å². The SMILES string of the molecule is CCOC(=O)c1c(C)c(C(=O)C(C)N(Cc2cccnc2)C(=O)c2ccc(F)cc2)c(C)n1C. The number of carbonyl (C=O) groups excluding carboxylic acids is 3. The van der Waals surface area contributed by atoms with Crippen molar-refractivity contribution < 1.29 is 23.5 Å². The van der Waals surface area contributed by atoms with Gasteiger partial charge in [-0.25, -0.2) is 9.18 Å². The van der Waals surface area contributed by atoms with Crippen LogP contribution in [0, 0.1) is 19.7 Å². The first-order valence-corrected chi connectivity index (χ1v) is 11.0. The number of ketones is 1. The molecule has 2 aromatic heterocycles. The van der Waals surface area contributed by atoms with Gasteiger partial charge in [-0.2, -0.15) is 0 Å². The van der Waals surface area contributed by atoms with Gasteiger partial charge in [-0.3, -0.25) is 14.6 Å². The minimum Gasteiger partial charge on any atom is -0.461 e. The Morgan fingerprint density at radius 2 is 1.82 bits per heavy atom.